The van der Waals surface area contributed by atoms with Gasteiger partial charge in [-0.15, -0.1) is 0 Å². The predicted octanol–water partition coefficient (Wildman–Crippen LogP) is 4.42. The van der Waals surface area contributed by atoms with Gasteiger partial charge in [0.2, 0.25) is 5.89 Å². The number of benzene rings is 2. The van der Waals surface area contributed by atoms with E-state index in [0.29, 0.717) is 18.1 Å². The molecule has 1 atom stereocenters. The number of hydrogen-bond donors (Lipinski definition) is 0. The average molecular weight is 416 g/mol. The summed E-state index contributed by atoms with van der Waals surface area (Å²) in [5, 5.41) is 0. The molecule has 2 aromatic carbocycles. The molecule has 1 saturated carbocycles. The van der Waals surface area contributed by atoms with E-state index in [4.69, 9.17) is 4.42 Å². The second-order valence-corrected chi connectivity index (χ2v) is 8.74. The molecule has 5 rings (SSSR count). The van der Waals surface area contributed by atoms with Crippen molar-refractivity contribution in [3.63, 3.8) is 0 Å². The van der Waals surface area contributed by atoms with Gasteiger partial charge in [0.25, 0.3) is 0 Å². The largest absolute Gasteiger partial charge is 0.447 e. The van der Waals surface area contributed by atoms with Crippen molar-refractivity contribution in [2.24, 2.45) is 5.92 Å². The Bertz CT molecular complexity index is 1020. The highest BCUT2D eigenvalue weighted by Gasteiger charge is 2.30. The molecule has 2 aliphatic rings. The standard InChI is InChI=1S/C26H29N3O2/c1-19-17-20(18-24(30)21-8-9-21)7-10-23(19)28-12-14-29(15-13-28)25(26-27-11-16-31-26)22-5-3-2-4-6-22/h2-7,10-11,16-17,21,25H,8-9,12-15,18H2,1H3. The number of Topliss-reactive ketones (excluding diaryl/α,β-unsaturated/α-hetero) is 1. The Kier molecular flexibility index (Phi) is 5.60. The van der Waals surface area contributed by atoms with Crippen LogP contribution in [-0.4, -0.2) is 41.8 Å². The Morgan fingerprint density at radius 1 is 1.10 bits per heavy atom. The summed E-state index contributed by atoms with van der Waals surface area (Å²) in [4.78, 5) is 21.5. The van der Waals surface area contributed by atoms with Gasteiger partial charge in [0.15, 0.2) is 0 Å². The van der Waals surface area contributed by atoms with Gasteiger partial charge in [-0.05, 0) is 42.5 Å². The minimum Gasteiger partial charge on any atom is -0.447 e. The highest BCUT2D eigenvalue weighted by molar-refractivity contribution is 5.85. The number of rotatable bonds is 7. The molecule has 5 nitrogen and oxygen atoms in total. The van der Waals surface area contributed by atoms with Crippen LogP contribution in [0.15, 0.2) is 65.4 Å². The first kappa shape index (κ1) is 20.0. The highest BCUT2D eigenvalue weighted by atomic mass is 16.3. The molecule has 0 N–H and O–H groups in total. The Balaban J connectivity index is 1.28. The van der Waals surface area contributed by atoms with Gasteiger partial charge < -0.3 is 9.32 Å². The Hall–Kier alpha value is -2.92. The predicted molar refractivity (Wildman–Crippen MR) is 121 cm³/mol. The monoisotopic (exact) mass is 415 g/mol. The number of anilines is 1. The van der Waals surface area contributed by atoms with E-state index >= 15 is 0 Å². The molecule has 1 aliphatic heterocycles. The van der Waals surface area contributed by atoms with Gasteiger partial charge in [0, 0.05) is 44.2 Å². The van der Waals surface area contributed by atoms with Crippen LogP contribution in [0.4, 0.5) is 5.69 Å². The molecule has 3 aromatic rings. The van der Waals surface area contributed by atoms with Crippen molar-refractivity contribution in [3.8, 4) is 0 Å². The first-order chi connectivity index (χ1) is 15.2. The molecule has 1 aromatic heterocycles. The summed E-state index contributed by atoms with van der Waals surface area (Å²) in [5.74, 6) is 1.48. The fraction of sp³-hybridized carbons (Fsp3) is 0.385. The number of hydrogen-bond acceptors (Lipinski definition) is 5. The zero-order valence-corrected chi connectivity index (χ0v) is 18.0. The lowest BCUT2D eigenvalue weighted by atomic mass is 10.0. The number of ketones is 1. The summed E-state index contributed by atoms with van der Waals surface area (Å²) in [6.07, 6.45) is 6.12. The quantitative estimate of drug-likeness (QED) is 0.572. The fourth-order valence-electron chi connectivity index (χ4n) is 4.67. The molecule has 2 fully saturated rings. The van der Waals surface area contributed by atoms with E-state index in [1.165, 1.54) is 16.8 Å². The molecule has 0 spiro atoms. The van der Waals surface area contributed by atoms with Gasteiger partial charge in [-0.25, -0.2) is 4.98 Å². The van der Waals surface area contributed by atoms with E-state index in [-0.39, 0.29) is 6.04 Å². The van der Waals surface area contributed by atoms with Gasteiger partial charge in [0.1, 0.15) is 18.1 Å². The molecule has 0 bridgehead atoms. The molecule has 0 radical (unpaired) electrons. The number of oxazole rings is 1. The van der Waals surface area contributed by atoms with Gasteiger partial charge in [-0.3, -0.25) is 9.69 Å². The van der Waals surface area contributed by atoms with E-state index < -0.39 is 0 Å². The van der Waals surface area contributed by atoms with Crippen molar-refractivity contribution >= 4 is 11.5 Å². The normalized spacial score (nSPS) is 18.2. The van der Waals surface area contributed by atoms with Crippen LogP contribution in [0.25, 0.3) is 0 Å². The van der Waals surface area contributed by atoms with Crippen molar-refractivity contribution < 1.29 is 9.21 Å². The van der Waals surface area contributed by atoms with E-state index in [2.05, 4.69) is 64.2 Å². The highest BCUT2D eigenvalue weighted by Crippen LogP contribution is 2.32. The minimum atomic E-state index is 0.0373. The zero-order valence-electron chi connectivity index (χ0n) is 18.0. The topological polar surface area (TPSA) is 49.6 Å². The van der Waals surface area contributed by atoms with Crippen molar-refractivity contribution in [2.75, 3.05) is 31.1 Å². The number of aryl methyl sites for hydroxylation is 1. The van der Waals surface area contributed by atoms with Crippen LogP contribution in [-0.2, 0) is 11.2 Å². The third-order valence-corrected chi connectivity index (χ3v) is 6.49. The Labute approximate surface area is 183 Å². The maximum Gasteiger partial charge on any atom is 0.215 e. The second kappa shape index (κ2) is 8.67. The lowest BCUT2D eigenvalue weighted by Crippen LogP contribution is -2.48. The van der Waals surface area contributed by atoms with E-state index in [9.17, 15) is 4.79 Å². The number of nitrogens with zero attached hydrogens (tertiary/aromatic N) is 3. The molecular weight excluding hydrogens is 386 g/mol. The number of aromatic nitrogens is 1. The number of carbonyl (C=O) groups excluding carboxylic acids is 1. The summed E-state index contributed by atoms with van der Waals surface area (Å²) in [6.45, 7) is 5.93. The second-order valence-electron chi connectivity index (χ2n) is 8.74. The molecule has 0 amide bonds. The molecule has 1 unspecified atom stereocenters. The van der Waals surface area contributed by atoms with E-state index in [1.807, 2.05) is 6.07 Å². The third-order valence-electron chi connectivity index (χ3n) is 6.49. The van der Waals surface area contributed by atoms with Crippen molar-refractivity contribution in [3.05, 3.63) is 83.6 Å². The van der Waals surface area contributed by atoms with Crippen molar-refractivity contribution in [2.45, 2.75) is 32.2 Å². The molecule has 160 valence electrons. The molecule has 1 saturated heterocycles. The van der Waals surface area contributed by atoms with Gasteiger partial charge >= 0.3 is 0 Å². The lowest BCUT2D eigenvalue weighted by Gasteiger charge is -2.40. The minimum absolute atomic E-state index is 0.0373. The van der Waals surface area contributed by atoms with Crippen LogP contribution in [0.5, 0.6) is 0 Å². The zero-order chi connectivity index (χ0) is 21.2. The molecule has 5 heteroatoms. The molecule has 31 heavy (non-hydrogen) atoms. The van der Waals surface area contributed by atoms with Gasteiger partial charge in [-0.1, -0.05) is 42.5 Å². The summed E-state index contributed by atoms with van der Waals surface area (Å²) >= 11 is 0. The lowest BCUT2D eigenvalue weighted by molar-refractivity contribution is -0.119. The maximum absolute atomic E-state index is 12.2. The van der Waals surface area contributed by atoms with Crippen LogP contribution in [0.3, 0.4) is 0 Å². The average Bonchev–Trinajstić information content (AvgIpc) is 3.52. The number of carbonyl (C=O) groups is 1. The van der Waals surface area contributed by atoms with Crippen LogP contribution >= 0.6 is 0 Å². The van der Waals surface area contributed by atoms with Crippen LogP contribution in [0, 0.1) is 12.8 Å². The Morgan fingerprint density at radius 3 is 2.52 bits per heavy atom. The van der Waals surface area contributed by atoms with Crippen LogP contribution < -0.4 is 4.90 Å². The van der Waals surface area contributed by atoms with Crippen LogP contribution in [0.2, 0.25) is 0 Å². The van der Waals surface area contributed by atoms with E-state index in [0.717, 1.165) is 50.5 Å². The molecule has 1 aliphatic carbocycles. The fourth-order valence-corrected chi connectivity index (χ4v) is 4.67. The molecular formula is C26H29N3O2. The number of piperazine rings is 1. The first-order valence-electron chi connectivity index (χ1n) is 11.2. The Morgan fingerprint density at radius 2 is 1.87 bits per heavy atom. The van der Waals surface area contributed by atoms with Gasteiger partial charge in [-0.2, -0.15) is 0 Å². The third kappa shape index (κ3) is 4.42. The van der Waals surface area contributed by atoms with Crippen LogP contribution in [0.1, 0.15) is 41.5 Å². The van der Waals surface area contributed by atoms with Crippen molar-refractivity contribution in [1.82, 2.24) is 9.88 Å². The van der Waals surface area contributed by atoms with Crippen molar-refractivity contribution in [1.29, 1.82) is 0 Å². The first-order valence-corrected chi connectivity index (χ1v) is 11.2. The van der Waals surface area contributed by atoms with Gasteiger partial charge in [0.05, 0.1) is 6.20 Å². The van der Waals surface area contributed by atoms with E-state index in [1.54, 1.807) is 12.5 Å². The summed E-state index contributed by atoms with van der Waals surface area (Å²) in [6, 6.07) is 17.0. The summed E-state index contributed by atoms with van der Waals surface area (Å²) in [7, 11) is 0. The molecule has 2 heterocycles. The summed E-state index contributed by atoms with van der Waals surface area (Å²) in [5.41, 5.74) is 4.88. The maximum atomic E-state index is 12.2. The SMILES string of the molecule is Cc1cc(CC(=O)C2CC2)ccc1N1CCN(C(c2ccccc2)c2ncco2)CC1. The summed E-state index contributed by atoms with van der Waals surface area (Å²) < 4.78 is 5.71. The smallest absolute Gasteiger partial charge is 0.215 e.